The average Bonchev–Trinajstić information content (AvgIpc) is 2.81. The molecule has 3 nitrogen and oxygen atoms in total. The number of rotatable bonds is 3. The van der Waals surface area contributed by atoms with Crippen LogP contribution < -0.4 is 5.76 Å². The number of aryl methyl sites for hydroxylation is 1. The molecule has 0 spiro atoms. The minimum absolute atomic E-state index is 0.328. The van der Waals surface area contributed by atoms with Crippen molar-refractivity contribution < 1.29 is 4.42 Å². The standard InChI is InChI=1S/C17H15NO2/c1-13-6-5-9-15(10-13)16-12-18(17(19)20-16)11-14-7-3-2-4-8-14/h2-10,12H,11H2,1H3. The summed E-state index contributed by atoms with van der Waals surface area (Å²) in [5.41, 5.74) is 3.14. The summed E-state index contributed by atoms with van der Waals surface area (Å²) in [5.74, 6) is 0.278. The molecule has 0 saturated carbocycles. The lowest BCUT2D eigenvalue weighted by atomic mass is 10.1. The summed E-state index contributed by atoms with van der Waals surface area (Å²) in [6.45, 7) is 2.54. The van der Waals surface area contributed by atoms with Crippen LogP contribution in [-0.4, -0.2) is 4.57 Å². The number of oxazole rings is 1. The van der Waals surface area contributed by atoms with Gasteiger partial charge in [-0.1, -0.05) is 54.1 Å². The van der Waals surface area contributed by atoms with Gasteiger partial charge in [-0.15, -0.1) is 0 Å². The van der Waals surface area contributed by atoms with Crippen molar-refractivity contribution in [1.82, 2.24) is 4.57 Å². The van der Waals surface area contributed by atoms with Gasteiger partial charge < -0.3 is 4.42 Å². The van der Waals surface area contributed by atoms with Crippen LogP contribution in [0, 0.1) is 6.92 Å². The van der Waals surface area contributed by atoms with Gasteiger partial charge in [-0.05, 0) is 18.6 Å². The Morgan fingerprint density at radius 1 is 1.05 bits per heavy atom. The second-order valence-corrected chi connectivity index (χ2v) is 4.84. The van der Waals surface area contributed by atoms with Crippen LogP contribution in [0.1, 0.15) is 11.1 Å². The molecule has 0 bridgehead atoms. The summed E-state index contributed by atoms with van der Waals surface area (Å²) >= 11 is 0. The zero-order chi connectivity index (χ0) is 13.9. The molecule has 0 fully saturated rings. The predicted octanol–water partition coefficient (Wildman–Crippen LogP) is 3.47. The molecule has 0 saturated heterocycles. The number of benzene rings is 2. The lowest BCUT2D eigenvalue weighted by molar-refractivity contribution is 0.497. The molecule has 1 aromatic heterocycles. The van der Waals surface area contributed by atoms with Crippen molar-refractivity contribution in [2.45, 2.75) is 13.5 Å². The maximum Gasteiger partial charge on any atom is 0.419 e. The summed E-state index contributed by atoms with van der Waals surface area (Å²) in [7, 11) is 0. The fraction of sp³-hybridized carbons (Fsp3) is 0.118. The van der Waals surface area contributed by atoms with Crippen molar-refractivity contribution in [3.63, 3.8) is 0 Å². The predicted molar refractivity (Wildman–Crippen MR) is 78.7 cm³/mol. The molecule has 3 aromatic rings. The summed E-state index contributed by atoms with van der Waals surface area (Å²) < 4.78 is 6.93. The fourth-order valence-electron chi connectivity index (χ4n) is 2.20. The quantitative estimate of drug-likeness (QED) is 0.727. The van der Waals surface area contributed by atoms with Crippen molar-refractivity contribution in [2.24, 2.45) is 0 Å². The first kappa shape index (κ1) is 12.5. The smallest absolute Gasteiger partial charge is 0.408 e. The van der Waals surface area contributed by atoms with Crippen molar-refractivity contribution in [3.05, 3.63) is 82.5 Å². The monoisotopic (exact) mass is 265 g/mol. The van der Waals surface area contributed by atoms with Crippen LogP contribution in [-0.2, 0) is 6.54 Å². The van der Waals surface area contributed by atoms with E-state index in [0.29, 0.717) is 12.3 Å². The normalized spacial score (nSPS) is 10.7. The van der Waals surface area contributed by atoms with Crippen LogP contribution >= 0.6 is 0 Å². The second-order valence-electron chi connectivity index (χ2n) is 4.84. The second kappa shape index (κ2) is 5.21. The van der Waals surface area contributed by atoms with E-state index in [9.17, 15) is 4.79 Å². The van der Waals surface area contributed by atoms with Gasteiger partial charge in [0.1, 0.15) is 0 Å². The van der Waals surface area contributed by atoms with E-state index in [1.807, 2.05) is 61.5 Å². The van der Waals surface area contributed by atoms with Crippen LogP contribution in [0.15, 0.2) is 70.0 Å². The van der Waals surface area contributed by atoms with Crippen molar-refractivity contribution in [3.8, 4) is 11.3 Å². The minimum atomic E-state index is -0.328. The van der Waals surface area contributed by atoms with E-state index in [1.54, 1.807) is 10.8 Å². The molecule has 0 unspecified atom stereocenters. The van der Waals surface area contributed by atoms with Gasteiger partial charge in [-0.2, -0.15) is 0 Å². The largest absolute Gasteiger partial charge is 0.419 e. The van der Waals surface area contributed by atoms with Crippen LogP contribution in [0.2, 0.25) is 0 Å². The molecule has 2 aromatic carbocycles. The van der Waals surface area contributed by atoms with Gasteiger partial charge in [0.2, 0.25) is 0 Å². The summed E-state index contributed by atoms with van der Waals surface area (Å²) in [6.07, 6.45) is 1.77. The average molecular weight is 265 g/mol. The molecule has 0 aliphatic carbocycles. The van der Waals surface area contributed by atoms with E-state index in [1.165, 1.54) is 0 Å². The Balaban J connectivity index is 1.94. The van der Waals surface area contributed by atoms with Gasteiger partial charge in [0, 0.05) is 5.56 Å². The van der Waals surface area contributed by atoms with E-state index in [4.69, 9.17) is 4.42 Å². The first-order valence-corrected chi connectivity index (χ1v) is 6.53. The maximum atomic E-state index is 11.9. The number of hydrogen-bond acceptors (Lipinski definition) is 2. The van der Waals surface area contributed by atoms with Gasteiger partial charge in [-0.3, -0.25) is 4.57 Å². The maximum absolute atomic E-state index is 11.9. The summed E-state index contributed by atoms with van der Waals surface area (Å²) in [5, 5.41) is 0. The van der Waals surface area contributed by atoms with E-state index < -0.39 is 0 Å². The topological polar surface area (TPSA) is 35.1 Å². The van der Waals surface area contributed by atoms with Crippen molar-refractivity contribution in [2.75, 3.05) is 0 Å². The Labute approximate surface area is 117 Å². The Morgan fingerprint density at radius 3 is 2.60 bits per heavy atom. The number of nitrogens with zero attached hydrogens (tertiary/aromatic N) is 1. The van der Waals surface area contributed by atoms with Gasteiger partial charge in [0.05, 0.1) is 12.7 Å². The SMILES string of the molecule is Cc1cccc(-c2cn(Cc3ccccc3)c(=O)o2)c1. The van der Waals surface area contributed by atoms with E-state index in [0.717, 1.165) is 16.7 Å². The van der Waals surface area contributed by atoms with Crippen molar-refractivity contribution >= 4 is 0 Å². The third kappa shape index (κ3) is 2.57. The molecule has 0 atom stereocenters. The Bertz CT molecular complexity index is 769. The zero-order valence-corrected chi connectivity index (χ0v) is 11.2. The van der Waals surface area contributed by atoms with Crippen LogP contribution in [0.25, 0.3) is 11.3 Å². The summed E-state index contributed by atoms with van der Waals surface area (Å²) in [4.78, 5) is 11.9. The molecule has 0 aliphatic rings. The Hall–Kier alpha value is -2.55. The molecule has 0 amide bonds. The zero-order valence-electron chi connectivity index (χ0n) is 11.2. The van der Waals surface area contributed by atoms with Gasteiger partial charge in [-0.25, -0.2) is 4.79 Å². The molecule has 3 heteroatoms. The molecular formula is C17H15NO2. The van der Waals surface area contributed by atoms with E-state index >= 15 is 0 Å². The van der Waals surface area contributed by atoms with Crippen LogP contribution in [0.5, 0.6) is 0 Å². The third-order valence-corrected chi connectivity index (χ3v) is 3.20. The van der Waals surface area contributed by atoms with Gasteiger partial charge in [0.25, 0.3) is 0 Å². The first-order chi connectivity index (χ1) is 9.72. The Morgan fingerprint density at radius 2 is 1.85 bits per heavy atom. The van der Waals surface area contributed by atoms with E-state index in [-0.39, 0.29) is 5.76 Å². The molecule has 0 radical (unpaired) electrons. The summed E-state index contributed by atoms with van der Waals surface area (Å²) in [6, 6.07) is 17.8. The molecular weight excluding hydrogens is 250 g/mol. The molecule has 100 valence electrons. The highest BCUT2D eigenvalue weighted by atomic mass is 16.4. The van der Waals surface area contributed by atoms with Crippen molar-refractivity contribution in [1.29, 1.82) is 0 Å². The Kier molecular flexibility index (Phi) is 3.25. The van der Waals surface area contributed by atoms with Crippen LogP contribution in [0.3, 0.4) is 0 Å². The first-order valence-electron chi connectivity index (χ1n) is 6.53. The molecule has 3 rings (SSSR count). The lowest BCUT2D eigenvalue weighted by Crippen LogP contribution is -2.13. The molecule has 1 heterocycles. The number of hydrogen-bond donors (Lipinski definition) is 0. The highest BCUT2D eigenvalue weighted by Gasteiger charge is 2.08. The van der Waals surface area contributed by atoms with Crippen LogP contribution in [0.4, 0.5) is 0 Å². The number of aromatic nitrogens is 1. The molecule has 20 heavy (non-hydrogen) atoms. The van der Waals surface area contributed by atoms with Gasteiger partial charge in [0.15, 0.2) is 5.76 Å². The highest BCUT2D eigenvalue weighted by Crippen LogP contribution is 2.19. The fourth-order valence-corrected chi connectivity index (χ4v) is 2.20. The highest BCUT2D eigenvalue weighted by molar-refractivity contribution is 5.57. The van der Waals surface area contributed by atoms with E-state index in [2.05, 4.69) is 0 Å². The third-order valence-electron chi connectivity index (χ3n) is 3.20. The van der Waals surface area contributed by atoms with Gasteiger partial charge >= 0.3 is 5.76 Å². The molecule has 0 aliphatic heterocycles. The minimum Gasteiger partial charge on any atom is -0.408 e. The lowest BCUT2D eigenvalue weighted by Gasteiger charge is -1.99. The molecule has 0 N–H and O–H groups in total.